The Kier molecular flexibility index (Phi) is 6.15. The van der Waals surface area contributed by atoms with E-state index in [0.717, 1.165) is 46.9 Å². The van der Waals surface area contributed by atoms with E-state index in [-0.39, 0.29) is 11.5 Å². The van der Waals surface area contributed by atoms with Crippen molar-refractivity contribution in [1.29, 1.82) is 0 Å². The first-order chi connectivity index (χ1) is 15.4. The molecule has 1 aliphatic carbocycles. The summed E-state index contributed by atoms with van der Waals surface area (Å²) in [6.45, 7) is 6.07. The number of hydrogen-bond donors (Lipinski definition) is 0. The Morgan fingerprint density at radius 1 is 0.844 bits per heavy atom. The fraction of sp³-hybridized carbons (Fsp3) is 0.333. The predicted octanol–water partition coefficient (Wildman–Crippen LogP) is 7.55. The molecule has 0 radical (unpaired) electrons. The van der Waals surface area contributed by atoms with Gasteiger partial charge in [-0.2, -0.15) is 0 Å². The average Bonchev–Trinajstić information content (AvgIpc) is 3.56. The smallest absolute Gasteiger partial charge is 0.0670 e. The van der Waals surface area contributed by atoms with Crippen LogP contribution >= 0.6 is 34.8 Å². The third kappa shape index (κ3) is 4.52. The predicted molar refractivity (Wildman–Crippen MR) is 137 cm³/mol. The molecule has 1 saturated heterocycles. The highest BCUT2D eigenvalue weighted by atomic mass is 35.5. The Morgan fingerprint density at radius 3 is 2.12 bits per heavy atom. The van der Waals surface area contributed by atoms with Gasteiger partial charge in [-0.1, -0.05) is 65.1 Å². The van der Waals surface area contributed by atoms with Gasteiger partial charge in [-0.15, -0.1) is 0 Å². The molecule has 1 aliphatic heterocycles. The van der Waals surface area contributed by atoms with Crippen molar-refractivity contribution >= 4 is 40.5 Å². The van der Waals surface area contributed by atoms with Crippen molar-refractivity contribution in [2.45, 2.75) is 31.2 Å². The molecule has 0 bridgehead atoms. The van der Waals surface area contributed by atoms with Crippen molar-refractivity contribution in [3.63, 3.8) is 0 Å². The molecule has 0 aromatic heterocycles. The van der Waals surface area contributed by atoms with Crippen LogP contribution in [0.3, 0.4) is 0 Å². The summed E-state index contributed by atoms with van der Waals surface area (Å²) in [4.78, 5) is 5.09. The SMILES string of the molecule is Cc1ccc(N2CCN(CC3(c4ccc(Cl)cc4)CC3)C[C@H]2c2ccc(Cl)cc2)c(Cl)c1. The van der Waals surface area contributed by atoms with Gasteiger partial charge in [0.05, 0.1) is 16.8 Å². The molecule has 3 aromatic rings. The maximum absolute atomic E-state index is 6.70. The van der Waals surface area contributed by atoms with Crippen molar-refractivity contribution in [2.75, 3.05) is 31.1 Å². The largest absolute Gasteiger partial charge is 0.361 e. The molecule has 2 aliphatic rings. The monoisotopic (exact) mass is 484 g/mol. The number of piperazine rings is 1. The molecule has 2 fully saturated rings. The topological polar surface area (TPSA) is 6.48 Å². The van der Waals surface area contributed by atoms with E-state index in [1.807, 2.05) is 24.3 Å². The number of nitrogens with zero attached hydrogens (tertiary/aromatic N) is 2. The summed E-state index contributed by atoms with van der Waals surface area (Å²) < 4.78 is 0. The van der Waals surface area contributed by atoms with Gasteiger partial charge in [-0.05, 0) is 72.9 Å². The number of benzene rings is 3. The number of halogens is 3. The van der Waals surface area contributed by atoms with E-state index in [2.05, 4.69) is 59.2 Å². The summed E-state index contributed by atoms with van der Waals surface area (Å²) in [5, 5.41) is 2.38. The summed E-state index contributed by atoms with van der Waals surface area (Å²) in [5.41, 5.74) is 5.23. The molecule has 1 heterocycles. The molecule has 5 rings (SSSR count). The normalized spacial score (nSPS) is 20.4. The van der Waals surface area contributed by atoms with Crippen LogP contribution in [-0.2, 0) is 5.41 Å². The summed E-state index contributed by atoms with van der Waals surface area (Å²) in [7, 11) is 0. The van der Waals surface area contributed by atoms with Gasteiger partial charge in [0, 0.05) is 41.6 Å². The van der Waals surface area contributed by atoms with Crippen LogP contribution in [0.1, 0.15) is 35.6 Å². The summed E-state index contributed by atoms with van der Waals surface area (Å²) >= 11 is 19.0. The first kappa shape index (κ1) is 22.1. The Bertz CT molecular complexity index is 1090. The summed E-state index contributed by atoms with van der Waals surface area (Å²) in [6.07, 6.45) is 2.48. The van der Waals surface area contributed by atoms with Crippen LogP contribution in [-0.4, -0.2) is 31.1 Å². The minimum Gasteiger partial charge on any atom is -0.361 e. The molecule has 5 heteroatoms. The Hall–Kier alpha value is -1.71. The van der Waals surface area contributed by atoms with E-state index in [1.165, 1.54) is 29.5 Å². The van der Waals surface area contributed by atoms with Gasteiger partial charge in [0.1, 0.15) is 0 Å². The van der Waals surface area contributed by atoms with Crippen molar-refractivity contribution in [3.05, 3.63) is 98.5 Å². The van der Waals surface area contributed by atoms with Gasteiger partial charge < -0.3 is 4.90 Å². The van der Waals surface area contributed by atoms with E-state index >= 15 is 0 Å². The minimum absolute atomic E-state index is 0.224. The van der Waals surface area contributed by atoms with Crippen LogP contribution in [0, 0.1) is 6.92 Å². The standard InChI is InChI=1S/C27H27Cl3N2/c1-19-2-11-25(24(30)16-19)32-15-14-31(17-26(32)20-3-7-22(28)8-4-20)18-27(12-13-27)21-5-9-23(29)10-6-21/h2-11,16,26H,12-15,17-18H2,1H3/t26-/m0/s1. The zero-order valence-electron chi connectivity index (χ0n) is 18.2. The summed E-state index contributed by atoms with van der Waals surface area (Å²) in [6, 6.07) is 23.3. The molecule has 32 heavy (non-hydrogen) atoms. The van der Waals surface area contributed by atoms with Crippen molar-refractivity contribution < 1.29 is 0 Å². The first-order valence-corrected chi connectivity index (χ1v) is 12.3. The van der Waals surface area contributed by atoms with Crippen LogP contribution in [0.5, 0.6) is 0 Å². The van der Waals surface area contributed by atoms with Crippen LogP contribution in [0.25, 0.3) is 0 Å². The zero-order chi connectivity index (χ0) is 22.3. The molecule has 2 nitrogen and oxygen atoms in total. The molecule has 1 atom stereocenters. The van der Waals surface area contributed by atoms with E-state index in [0.29, 0.717) is 0 Å². The molecular weight excluding hydrogens is 459 g/mol. The maximum atomic E-state index is 6.70. The van der Waals surface area contributed by atoms with Crippen LogP contribution in [0.15, 0.2) is 66.7 Å². The molecule has 0 amide bonds. The molecule has 3 aromatic carbocycles. The van der Waals surface area contributed by atoms with Gasteiger partial charge >= 0.3 is 0 Å². The highest BCUT2D eigenvalue weighted by Crippen LogP contribution is 2.49. The van der Waals surface area contributed by atoms with E-state index < -0.39 is 0 Å². The van der Waals surface area contributed by atoms with Crippen LogP contribution in [0.2, 0.25) is 15.1 Å². The highest BCUT2D eigenvalue weighted by Gasteiger charge is 2.46. The fourth-order valence-electron chi connectivity index (χ4n) is 5.01. The van der Waals surface area contributed by atoms with Crippen LogP contribution in [0.4, 0.5) is 5.69 Å². The molecule has 0 N–H and O–H groups in total. The van der Waals surface area contributed by atoms with Crippen molar-refractivity contribution in [2.24, 2.45) is 0 Å². The van der Waals surface area contributed by atoms with E-state index in [9.17, 15) is 0 Å². The highest BCUT2D eigenvalue weighted by molar-refractivity contribution is 6.33. The number of anilines is 1. The molecule has 1 saturated carbocycles. The second kappa shape index (κ2) is 8.91. The Morgan fingerprint density at radius 2 is 1.50 bits per heavy atom. The molecule has 0 unspecified atom stereocenters. The van der Waals surface area contributed by atoms with Gasteiger partial charge in [0.2, 0.25) is 0 Å². The summed E-state index contributed by atoms with van der Waals surface area (Å²) in [5.74, 6) is 0. The lowest BCUT2D eigenvalue weighted by Gasteiger charge is -2.44. The second-order valence-corrected chi connectivity index (χ2v) is 10.5. The van der Waals surface area contributed by atoms with Gasteiger partial charge in [0.25, 0.3) is 0 Å². The Labute approximate surface area is 205 Å². The van der Waals surface area contributed by atoms with Gasteiger partial charge in [0.15, 0.2) is 0 Å². The lowest BCUT2D eigenvalue weighted by molar-refractivity contribution is 0.205. The van der Waals surface area contributed by atoms with Crippen molar-refractivity contribution in [1.82, 2.24) is 4.90 Å². The third-order valence-electron chi connectivity index (χ3n) is 6.97. The van der Waals surface area contributed by atoms with Gasteiger partial charge in [-0.25, -0.2) is 0 Å². The van der Waals surface area contributed by atoms with Gasteiger partial charge in [-0.3, -0.25) is 4.90 Å². The maximum Gasteiger partial charge on any atom is 0.0670 e. The molecular formula is C27H27Cl3N2. The van der Waals surface area contributed by atoms with E-state index in [4.69, 9.17) is 34.8 Å². The number of rotatable bonds is 5. The van der Waals surface area contributed by atoms with E-state index in [1.54, 1.807) is 0 Å². The quantitative estimate of drug-likeness (QED) is 0.368. The third-order valence-corrected chi connectivity index (χ3v) is 7.77. The number of hydrogen-bond acceptors (Lipinski definition) is 2. The fourth-order valence-corrected chi connectivity index (χ4v) is 5.60. The lowest BCUT2D eigenvalue weighted by atomic mass is 9.93. The zero-order valence-corrected chi connectivity index (χ0v) is 20.5. The molecule has 0 spiro atoms. The average molecular weight is 486 g/mol. The van der Waals surface area contributed by atoms with Crippen molar-refractivity contribution in [3.8, 4) is 0 Å². The Balaban J connectivity index is 1.41. The lowest BCUT2D eigenvalue weighted by Crippen LogP contribution is -2.50. The number of aryl methyl sites for hydroxylation is 1. The van der Waals surface area contributed by atoms with Crippen LogP contribution < -0.4 is 4.90 Å². The first-order valence-electron chi connectivity index (χ1n) is 11.2. The molecule has 166 valence electrons. The minimum atomic E-state index is 0.224. The second-order valence-electron chi connectivity index (χ2n) is 9.24.